The Morgan fingerprint density at radius 1 is 1.16 bits per heavy atom. The summed E-state index contributed by atoms with van der Waals surface area (Å²) in [6.07, 6.45) is 0. The number of rotatable bonds is 4. The van der Waals surface area contributed by atoms with Gasteiger partial charge in [-0.3, -0.25) is 9.59 Å². The van der Waals surface area contributed by atoms with Crippen LogP contribution in [0.25, 0.3) is 0 Å². The smallest absolute Gasteiger partial charge is 0.259 e. The second-order valence-electron chi connectivity index (χ2n) is 5.76. The number of nitrogen functional groups attached to an aromatic ring is 1. The quantitative estimate of drug-likeness (QED) is 0.819. The van der Waals surface area contributed by atoms with Crippen molar-refractivity contribution in [1.82, 2.24) is 4.90 Å². The van der Waals surface area contributed by atoms with Gasteiger partial charge in [0, 0.05) is 31.4 Å². The number of carbonyl (C=O) groups is 2. The highest BCUT2D eigenvalue weighted by Crippen LogP contribution is 2.29. The highest BCUT2D eigenvalue weighted by atomic mass is 35.5. The Labute approximate surface area is 151 Å². The van der Waals surface area contributed by atoms with Crippen LogP contribution in [-0.4, -0.2) is 37.9 Å². The molecule has 0 aliphatic carbocycles. The zero-order valence-electron chi connectivity index (χ0n) is 14.5. The van der Waals surface area contributed by atoms with Crippen LogP contribution in [0, 0.1) is 6.92 Å². The number of amides is 2. The highest BCUT2D eigenvalue weighted by molar-refractivity contribution is 6.33. The summed E-state index contributed by atoms with van der Waals surface area (Å²) in [5.74, 6) is -0.233. The zero-order chi connectivity index (χ0) is 18.7. The summed E-state index contributed by atoms with van der Waals surface area (Å²) in [5.41, 5.74) is 8.14. The van der Waals surface area contributed by atoms with E-state index in [1.165, 1.54) is 24.1 Å². The van der Waals surface area contributed by atoms with Gasteiger partial charge in [-0.1, -0.05) is 17.7 Å². The van der Waals surface area contributed by atoms with Gasteiger partial charge in [0.1, 0.15) is 5.75 Å². The molecule has 3 N–H and O–H groups in total. The van der Waals surface area contributed by atoms with Crippen molar-refractivity contribution in [2.75, 3.05) is 32.3 Å². The Morgan fingerprint density at radius 2 is 1.84 bits per heavy atom. The number of halogens is 1. The van der Waals surface area contributed by atoms with Gasteiger partial charge >= 0.3 is 0 Å². The van der Waals surface area contributed by atoms with E-state index in [0.29, 0.717) is 22.7 Å². The number of hydrogen-bond donors (Lipinski definition) is 2. The SMILES string of the molecule is COc1cc(N)c(Cl)cc1C(=O)Nc1ccc(C)c(C(=O)N(C)C)c1. The molecule has 0 spiro atoms. The third-order valence-corrected chi connectivity index (χ3v) is 4.02. The molecule has 2 aromatic carbocycles. The van der Waals surface area contributed by atoms with Gasteiger partial charge in [-0.2, -0.15) is 0 Å². The topological polar surface area (TPSA) is 84.7 Å². The first-order valence-electron chi connectivity index (χ1n) is 7.51. The van der Waals surface area contributed by atoms with E-state index in [0.717, 1.165) is 5.56 Å². The van der Waals surface area contributed by atoms with Crippen LogP contribution < -0.4 is 15.8 Å². The summed E-state index contributed by atoms with van der Waals surface area (Å²) >= 11 is 6.00. The summed E-state index contributed by atoms with van der Waals surface area (Å²) in [6.45, 7) is 1.84. The van der Waals surface area contributed by atoms with E-state index in [2.05, 4.69) is 5.32 Å². The van der Waals surface area contributed by atoms with E-state index in [4.69, 9.17) is 22.1 Å². The lowest BCUT2D eigenvalue weighted by molar-refractivity contribution is 0.0826. The maximum atomic E-state index is 12.6. The maximum absolute atomic E-state index is 12.6. The predicted octanol–water partition coefficient (Wildman–Crippen LogP) is 3.19. The number of ether oxygens (including phenoxy) is 1. The van der Waals surface area contributed by atoms with Gasteiger partial charge in [0.05, 0.1) is 23.4 Å². The van der Waals surface area contributed by atoms with Gasteiger partial charge in [-0.15, -0.1) is 0 Å². The minimum absolute atomic E-state index is 0.137. The molecule has 2 rings (SSSR count). The van der Waals surface area contributed by atoms with Gasteiger partial charge < -0.3 is 20.7 Å². The fraction of sp³-hybridized carbons (Fsp3) is 0.222. The van der Waals surface area contributed by atoms with E-state index in [1.807, 2.05) is 6.92 Å². The van der Waals surface area contributed by atoms with Crippen LogP contribution in [0.4, 0.5) is 11.4 Å². The van der Waals surface area contributed by atoms with Gasteiger partial charge in [0.25, 0.3) is 11.8 Å². The Morgan fingerprint density at radius 3 is 2.44 bits per heavy atom. The summed E-state index contributed by atoms with van der Waals surface area (Å²) in [5, 5.41) is 3.01. The molecular weight excluding hydrogens is 342 g/mol. The lowest BCUT2D eigenvalue weighted by Gasteiger charge is -2.15. The molecule has 0 aromatic heterocycles. The number of aryl methyl sites for hydroxylation is 1. The van der Waals surface area contributed by atoms with Crippen LogP contribution in [0.5, 0.6) is 5.75 Å². The first-order valence-corrected chi connectivity index (χ1v) is 7.89. The summed E-state index contributed by atoms with van der Waals surface area (Å²) < 4.78 is 5.19. The normalized spacial score (nSPS) is 10.3. The van der Waals surface area contributed by atoms with Crippen molar-refractivity contribution < 1.29 is 14.3 Å². The molecule has 25 heavy (non-hydrogen) atoms. The third kappa shape index (κ3) is 4.03. The molecule has 0 aliphatic rings. The second-order valence-corrected chi connectivity index (χ2v) is 6.16. The Kier molecular flexibility index (Phi) is 5.54. The zero-order valence-corrected chi connectivity index (χ0v) is 15.3. The molecule has 7 heteroatoms. The second kappa shape index (κ2) is 7.44. The van der Waals surface area contributed by atoms with Crippen LogP contribution in [0.3, 0.4) is 0 Å². The van der Waals surface area contributed by atoms with Crippen molar-refractivity contribution in [2.24, 2.45) is 0 Å². The number of carbonyl (C=O) groups excluding carboxylic acids is 2. The van der Waals surface area contributed by atoms with E-state index >= 15 is 0 Å². The molecule has 2 aromatic rings. The van der Waals surface area contributed by atoms with Crippen molar-refractivity contribution >= 4 is 34.8 Å². The minimum Gasteiger partial charge on any atom is -0.496 e. The van der Waals surface area contributed by atoms with Gasteiger partial charge in [0.15, 0.2) is 0 Å². The number of nitrogens with two attached hydrogens (primary N) is 1. The molecular formula is C18H20ClN3O3. The molecule has 0 bridgehead atoms. The maximum Gasteiger partial charge on any atom is 0.259 e. The average Bonchev–Trinajstić information content (AvgIpc) is 2.57. The molecule has 0 fully saturated rings. The van der Waals surface area contributed by atoms with E-state index in [1.54, 1.807) is 32.3 Å². The summed E-state index contributed by atoms with van der Waals surface area (Å²) in [4.78, 5) is 26.3. The molecule has 0 heterocycles. The summed E-state index contributed by atoms with van der Waals surface area (Å²) in [6, 6.07) is 8.09. The van der Waals surface area contributed by atoms with Gasteiger partial charge in [0.2, 0.25) is 0 Å². The fourth-order valence-corrected chi connectivity index (χ4v) is 2.45. The number of anilines is 2. The van der Waals surface area contributed by atoms with Crippen LogP contribution >= 0.6 is 11.6 Å². The van der Waals surface area contributed by atoms with Crippen molar-refractivity contribution in [1.29, 1.82) is 0 Å². The summed E-state index contributed by atoms with van der Waals surface area (Å²) in [7, 11) is 4.79. The Hall–Kier alpha value is -2.73. The average molecular weight is 362 g/mol. The number of benzene rings is 2. The van der Waals surface area contributed by atoms with Crippen LogP contribution in [0.2, 0.25) is 5.02 Å². The Balaban J connectivity index is 2.34. The monoisotopic (exact) mass is 361 g/mol. The molecule has 0 aliphatic heterocycles. The lowest BCUT2D eigenvalue weighted by Crippen LogP contribution is -2.23. The predicted molar refractivity (Wildman–Crippen MR) is 99.6 cm³/mol. The molecule has 6 nitrogen and oxygen atoms in total. The molecule has 0 atom stereocenters. The van der Waals surface area contributed by atoms with E-state index < -0.39 is 5.91 Å². The molecule has 0 unspecified atom stereocenters. The van der Waals surface area contributed by atoms with E-state index in [9.17, 15) is 9.59 Å². The number of hydrogen-bond acceptors (Lipinski definition) is 4. The third-order valence-electron chi connectivity index (χ3n) is 3.70. The van der Waals surface area contributed by atoms with Crippen LogP contribution in [-0.2, 0) is 0 Å². The van der Waals surface area contributed by atoms with Crippen molar-refractivity contribution in [3.63, 3.8) is 0 Å². The van der Waals surface area contributed by atoms with E-state index in [-0.39, 0.29) is 16.5 Å². The lowest BCUT2D eigenvalue weighted by atomic mass is 10.1. The fourth-order valence-electron chi connectivity index (χ4n) is 2.28. The molecule has 0 radical (unpaired) electrons. The minimum atomic E-state index is -0.411. The van der Waals surface area contributed by atoms with Crippen molar-refractivity contribution in [2.45, 2.75) is 6.92 Å². The first kappa shape index (κ1) is 18.6. The molecule has 2 amide bonds. The molecule has 0 saturated heterocycles. The number of nitrogens with one attached hydrogen (secondary N) is 1. The number of nitrogens with zero attached hydrogens (tertiary/aromatic N) is 1. The standard InChI is InChI=1S/C18H20ClN3O3/c1-10-5-6-11(7-12(10)18(24)22(2)3)21-17(23)13-8-14(19)15(20)9-16(13)25-4/h5-9H,20H2,1-4H3,(H,21,23). The first-order chi connectivity index (χ1) is 11.7. The van der Waals surface area contributed by atoms with Crippen LogP contribution in [0.1, 0.15) is 26.3 Å². The highest BCUT2D eigenvalue weighted by Gasteiger charge is 2.17. The largest absolute Gasteiger partial charge is 0.496 e. The molecule has 132 valence electrons. The van der Waals surface area contributed by atoms with Gasteiger partial charge in [-0.05, 0) is 30.7 Å². The van der Waals surface area contributed by atoms with Gasteiger partial charge in [-0.25, -0.2) is 0 Å². The van der Waals surface area contributed by atoms with Crippen molar-refractivity contribution in [3.8, 4) is 5.75 Å². The van der Waals surface area contributed by atoms with Crippen molar-refractivity contribution in [3.05, 3.63) is 52.0 Å². The van der Waals surface area contributed by atoms with Crippen LogP contribution in [0.15, 0.2) is 30.3 Å². The Bertz CT molecular complexity index is 835. The molecule has 0 saturated carbocycles. The number of methoxy groups -OCH3 is 1.